The zero-order chi connectivity index (χ0) is 13.1. The lowest BCUT2D eigenvalue weighted by Gasteiger charge is -2.10. The van der Waals surface area contributed by atoms with Crippen molar-refractivity contribution in [2.45, 2.75) is 32.2 Å². The summed E-state index contributed by atoms with van der Waals surface area (Å²) in [7, 11) is 1.65. The number of nitrogens with two attached hydrogens (primary N) is 1. The highest BCUT2D eigenvalue weighted by Crippen LogP contribution is 1.94. The van der Waals surface area contributed by atoms with E-state index in [4.69, 9.17) is 10.5 Å². The van der Waals surface area contributed by atoms with Crippen LogP contribution < -0.4 is 11.1 Å². The van der Waals surface area contributed by atoms with Crippen LogP contribution in [0.3, 0.4) is 0 Å². The molecule has 6 heteroatoms. The van der Waals surface area contributed by atoms with E-state index in [2.05, 4.69) is 10.1 Å². The van der Waals surface area contributed by atoms with E-state index in [1.807, 2.05) is 0 Å². The lowest BCUT2D eigenvalue weighted by atomic mass is 10.2. The van der Waals surface area contributed by atoms with Crippen LogP contribution in [0.4, 0.5) is 0 Å². The van der Waals surface area contributed by atoms with E-state index in [0.717, 1.165) is 25.9 Å². The number of carbonyl (C=O) groups excluding carboxylic acids is 2. The minimum atomic E-state index is -1.23. The molecule has 1 atom stereocenters. The van der Waals surface area contributed by atoms with E-state index in [9.17, 15) is 9.59 Å². The molecule has 6 nitrogen and oxygen atoms in total. The van der Waals surface area contributed by atoms with Crippen molar-refractivity contribution in [2.24, 2.45) is 5.73 Å². The van der Waals surface area contributed by atoms with Crippen molar-refractivity contribution in [3.8, 4) is 0 Å². The second kappa shape index (κ2) is 10.0. The number of hydrogen-bond acceptors (Lipinski definition) is 5. The fourth-order valence-corrected chi connectivity index (χ4v) is 1.21. The van der Waals surface area contributed by atoms with Crippen molar-refractivity contribution < 1.29 is 19.1 Å². The average Bonchev–Trinajstić information content (AvgIpc) is 2.32. The van der Waals surface area contributed by atoms with E-state index >= 15 is 0 Å². The third kappa shape index (κ3) is 7.70. The average molecular weight is 246 g/mol. The summed E-state index contributed by atoms with van der Waals surface area (Å²) in [6.07, 6.45) is 2.75. The standard InChI is InChI=1S/C11H22N2O4/c1-3-17-11(15)9(12)10(14)13-7-5-4-6-8-16-2/h9H,3-8,12H2,1-2H3,(H,13,14). The van der Waals surface area contributed by atoms with Gasteiger partial charge in [-0.3, -0.25) is 4.79 Å². The maximum Gasteiger partial charge on any atom is 0.332 e. The molecule has 0 heterocycles. The summed E-state index contributed by atoms with van der Waals surface area (Å²) >= 11 is 0. The van der Waals surface area contributed by atoms with Gasteiger partial charge in [-0.25, -0.2) is 4.79 Å². The lowest BCUT2D eigenvalue weighted by molar-refractivity contribution is -0.147. The summed E-state index contributed by atoms with van der Waals surface area (Å²) in [5, 5.41) is 2.59. The van der Waals surface area contributed by atoms with Crippen LogP contribution in [0.5, 0.6) is 0 Å². The topological polar surface area (TPSA) is 90.7 Å². The summed E-state index contributed by atoms with van der Waals surface area (Å²) in [6.45, 7) is 3.11. The first-order chi connectivity index (χ1) is 8.13. The molecular formula is C11H22N2O4. The molecule has 0 spiro atoms. The van der Waals surface area contributed by atoms with Gasteiger partial charge >= 0.3 is 5.97 Å². The maximum absolute atomic E-state index is 11.4. The van der Waals surface area contributed by atoms with Gasteiger partial charge in [-0.2, -0.15) is 0 Å². The van der Waals surface area contributed by atoms with Gasteiger partial charge in [0.25, 0.3) is 0 Å². The Hall–Kier alpha value is -1.14. The molecule has 0 aliphatic rings. The van der Waals surface area contributed by atoms with Crippen LogP contribution in [-0.4, -0.2) is 44.8 Å². The Kier molecular flexibility index (Phi) is 9.37. The molecule has 3 N–H and O–H groups in total. The third-order valence-corrected chi connectivity index (χ3v) is 2.15. The molecule has 0 aliphatic carbocycles. The Balaban J connectivity index is 3.60. The van der Waals surface area contributed by atoms with Crippen LogP contribution in [0.1, 0.15) is 26.2 Å². The molecule has 0 aliphatic heterocycles. The number of amides is 1. The molecule has 17 heavy (non-hydrogen) atoms. The number of esters is 1. The van der Waals surface area contributed by atoms with Gasteiger partial charge in [-0.05, 0) is 26.2 Å². The van der Waals surface area contributed by atoms with Gasteiger partial charge in [0.15, 0.2) is 6.04 Å². The molecule has 0 aromatic rings. The monoisotopic (exact) mass is 246 g/mol. The lowest BCUT2D eigenvalue weighted by Crippen LogP contribution is -2.47. The van der Waals surface area contributed by atoms with Gasteiger partial charge < -0.3 is 20.5 Å². The molecule has 0 aromatic carbocycles. The van der Waals surface area contributed by atoms with Crippen LogP contribution in [-0.2, 0) is 19.1 Å². The van der Waals surface area contributed by atoms with Gasteiger partial charge in [0.2, 0.25) is 5.91 Å². The highest BCUT2D eigenvalue weighted by molar-refractivity contribution is 6.01. The second-order valence-electron chi connectivity index (χ2n) is 3.57. The number of nitrogens with one attached hydrogen (secondary N) is 1. The molecule has 0 saturated heterocycles. The van der Waals surface area contributed by atoms with E-state index in [1.165, 1.54) is 0 Å². The maximum atomic E-state index is 11.4. The van der Waals surface area contributed by atoms with Gasteiger partial charge in [-0.15, -0.1) is 0 Å². The predicted molar refractivity (Wildman–Crippen MR) is 63.3 cm³/mol. The number of unbranched alkanes of at least 4 members (excludes halogenated alkanes) is 2. The van der Waals surface area contributed by atoms with Gasteiger partial charge in [0, 0.05) is 20.3 Å². The largest absolute Gasteiger partial charge is 0.464 e. The summed E-state index contributed by atoms with van der Waals surface area (Å²) in [4.78, 5) is 22.5. The van der Waals surface area contributed by atoms with Crippen LogP contribution in [0, 0.1) is 0 Å². The zero-order valence-electron chi connectivity index (χ0n) is 10.5. The number of methoxy groups -OCH3 is 1. The normalized spacial score (nSPS) is 11.9. The van der Waals surface area contributed by atoms with E-state index in [0.29, 0.717) is 6.54 Å². The summed E-state index contributed by atoms with van der Waals surface area (Å²) < 4.78 is 9.54. The summed E-state index contributed by atoms with van der Waals surface area (Å²) in [6, 6.07) is -1.23. The number of hydrogen-bond donors (Lipinski definition) is 2. The van der Waals surface area contributed by atoms with Gasteiger partial charge in [-0.1, -0.05) is 0 Å². The van der Waals surface area contributed by atoms with E-state index < -0.39 is 17.9 Å². The first kappa shape index (κ1) is 15.9. The van der Waals surface area contributed by atoms with Crippen molar-refractivity contribution in [1.29, 1.82) is 0 Å². The van der Waals surface area contributed by atoms with E-state index in [-0.39, 0.29) is 6.61 Å². The molecular weight excluding hydrogens is 224 g/mol. The predicted octanol–water partition coefficient (Wildman–Crippen LogP) is -0.190. The minimum Gasteiger partial charge on any atom is -0.464 e. The fraction of sp³-hybridized carbons (Fsp3) is 0.818. The van der Waals surface area contributed by atoms with E-state index in [1.54, 1.807) is 14.0 Å². The minimum absolute atomic E-state index is 0.219. The molecule has 1 unspecified atom stereocenters. The Morgan fingerprint density at radius 1 is 1.29 bits per heavy atom. The Morgan fingerprint density at radius 2 is 2.00 bits per heavy atom. The van der Waals surface area contributed by atoms with Crippen molar-refractivity contribution in [3.05, 3.63) is 0 Å². The van der Waals surface area contributed by atoms with Crippen molar-refractivity contribution in [1.82, 2.24) is 5.32 Å². The number of rotatable bonds is 9. The summed E-state index contributed by atoms with van der Waals surface area (Å²) in [5.74, 6) is -1.18. The first-order valence-electron chi connectivity index (χ1n) is 5.82. The fourth-order valence-electron chi connectivity index (χ4n) is 1.21. The molecule has 0 aromatic heterocycles. The van der Waals surface area contributed by atoms with Gasteiger partial charge in [0.05, 0.1) is 6.61 Å². The molecule has 0 bridgehead atoms. The van der Waals surface area contributed by atoms with Crippen LogP contribution >= 0.6 is 0 Å². The second-order valence-corrected chi connectivity index (χ2v) is 3.57. The molecule has 100 valence electrons. The number of carbonyl (C=O) groups is 2. The third-order valence-electron chi connectivity index (χ3n) is 2.15. The van der Waals surface area contributed by atoms with Crippen molar-refractivity contribution in [3.63, 3.8) is 0 Å². The summed E-state index contributed by atoms with van der Waals surface area (Å²) in [5.41, 5.74) is 5.40. The highest BCUT2D eigenvalue weighted by Gasteiger charge is 2.22. The zero-order valence-corrected chi connectivity index (χ0v) is 10.5. The molecule has 0 radical (unpaired) electrons. The quantitative estimate of drug-likeness (QED) is 0.334. The molecule has 1 amide bonds. The SMILES string of the molecule is CCOC(=O)C(N)C(=O)NCCCCCOC. The van der Waals surface area contributed by atoms with Crippen LogP contribution in [0.15, 0.2) is 0 Å². The first-order valence-corrected chi connectivity index (χ1v) is 5.82. The molecule has 0 saturated carbocycles. The van der Waals surface area contributed by atoms with Gasteiger partial charge in [0.1, 0.15) is 0 Å². The Labute approximate surface area is 102 Å². The molecule has 0 fully saturated rings. The highest BCUT2D eigenvalue weighted by atomic mass is 16.5. The Morgan fingerprint density at radius 3 is 2.59 bits per heavy atom. The van der Waals surface area contributed by atoms with Crippen LogP contribution in [0.2, 0.25) is 0 Å². The van der Waals surface area contributed by atoms with Crippen LogP contribution in [0.25, 0.3) is 0 Å². The number of ether oxygens (including phenoxy) is 2. The Bertz CT molecular complexity index is 234. The van der Waals surface area contributed by atoms with Crippen molar-refractivity contribution in [2.75, 3.05) is 26.9 Å². The molecule has 0 rings (SSSR count). The van der Waals surface area contributed by atoms with Crippen molar-refractivity contribution >= 4 is 11.9 Å². The smallest absolute Gasteiger partial charge is 0.332 e.